The van der Waals surface area contributed by atoms with Crippen LogP contribution in [-0.2, 0) is 19.1 Å². The fraction of sp³-hybridized carbons (Fsp3) is 0.500. The number of rotatable bonds is 11. The molecule has 2 unspecified atom stereocenters. The molecule has 3 rings (SSSR count). The van der Waals surface area contributed by atoms with Gasteiger partial charge in [0.25, 0.3) is 5.91 Å². The number of aromatic nitrogens is 1. The van der Waals surface area contributed by atoms with E-state index in [-0.39, 0.29) is 35.8 Å². The van der Waals surface area contributed by atoms with Crippen LogP contribution >= 0.6 is 0 Å². The SMILES string of the molecule is COc1ccnc(C(=O)NCC(=O)OC(C)C(c2ccc(C)cc2C)C2CCCC2)c1OCOC(C)=O. The largest absolute Gasteiger partial charge is 0.493 e. The van der Waals surface area contributed by atoms with Crippen molar-refractivity contribution in [3.8, 4) is 11.5 Å². The third-order valence-electron chi connectivity index (χ3n) is 6.68. The first kappa shape index (κ1) is 28.0. The second kappa shape index (κ2) is 13.1. The van der Waals surface area contributed by atoms with Crippen LogP contribution in [0.1, 0.15) is 72.6 Å². The molecule has 1 heterocycles. The molecule has 1 aliphatic rings. The van der Waals surface area contributed by atoms with Crippen molar-refractivity contribution in [2.75, 3.05) is 20.4 Å². The first-order valence-corrected chi connectivity index (χ1v) is 12.5. The summed E-state index contributed by atoms with van der Waals surface area (Å²) < 4.78 is 21.3. The van der Waals surface area contributed by atoms with Gasteiger partial charge in [-0.15, -0.1) is 0 Å². The molecule has 1 fully saturated rings. The zero-order chi connectivity index (χ0) is 26.9. The number of pyridine rings is 1. The van der Waals surface area contributed by atoms with E-state index in [0.29, 0.717) is 5.92 Å². The van der Waals surface area contributed by atoms with Gasteiger partial charge in [0.05, 0.1) is 7.11 Å². The number of carbonyl (C=O) groups excluding carboxylic acids is 3. The Kier molecular flexibility index (Phi) is 9.88. The molecule has 1 aromatic carbocycles. The predicted octanol–water partition coefficient (Wildman–Crippen LogP) is 4.24. The Balaban J connectivity index is 1.67. The molecule has 0 spiro atoms. The van der Waals surface area contributed by atoms with Gasteiger partial charge in [-0.1, -0.05) is 36.6 Å². The lowest BCUT2D eigenvalue weighted by Crippen LogP contribution is -2.35. The van der Waals surface area contributed by atoms with E-state index < -0.39 is 24.6 Å². The Labute approximate surface area is 217 Å². The fourth-order valence-corrected chi connectivity index (χ4v) is 5.03. The van der Waals surface area contributed by atoms with E-state index in [2.05, 4.69) is 42.3 Å². The molecular formula is C28H36N2O7. The van der Waals surface area contributed by atoms with Crippen LogP contribution in [0, 0.1) is 19.8 Å². The van der Waals surface area contributed by atoms with E-state index >= 15 is 0 Å². The second-order valence-corrected chi connectivity index (χ2v) is 9.40. The van der Waals surface area contributed by atoms with Crippen molar-refractivity contribution in [3.05, 3.63) is 52.8 Å². The quantitative estimate of drug-likeness (QED) is 0.351. The molecule has 9 nitrogen and oxygen atoms in total. The van der Waals surface area contributed by atoms with Gasteiger partial charge in [0.1, 0.15) is 12.6 Å². The predicted molar refractivity (Wildman–Crippen MR) is 137 cm³/mol. The summed E-state index contributed by atoms with van der Waals surface area (Å²) in [6.07, 6.45) is 5.59. The summed E-state index contributed by atoms with van der Waals surface area (Å²) in [5.74, 6) is -0.969. The monoisotopic (exact) mass is 512 g/mol. The number of hydrogen-bond acceptors (Lipinski definition) is 8. The molecule has 200 valence electrons. The summed E-state index contributed by atoms with van der Waals surface area (Å²) in [6.45, 7) is 6.57. The van der Waals surface area contributed by atoms with Crippen LogP contribution in [0.15, 0.2) is 30.5 Å². The average Bonchev–Trinajstić information content (AvgIpc) is 3.38. The zero-order valence-corrected chi connectivity index (χ0v) is 22.2. The summed E-state index contributed by atoms with van der Waals surface area (Å²) in [4.78, 5) is 40.7. The van der Waals surface area contributed by atoms with Crippen LogP contribution in [-0.4, -0.2) is 49.4 Å². The minimum atomic E-state index is -0.650. The topological polar surface area (TPSA) is 113 Å². The number of amides is 1. The number of nitrogens with zero attached hydrogens (tertiary/aromatic N) is 1. The molecule has 1 amide bonds. The molecule has 1 N–H and O–H groups in total. The van der Waals surface area contributed by atoms with E-state index in [1.54, 1.807) is 0 Å². The first-order chi connectivity index (χ1) is 17.7. The summed E-state index contributed by atoms with van der Waals surface area (Å²) in [6, 6.07) is 7.91. The van der Waals surface area contributed by atoms with Gasteiger partial charge < -0.3 is 24.3 Å². The number of ether oxygens (including phenoxy) is 4. The maximum Gasteiger partial charge on any atom is 0.325 e. The van der Waals surface area contributed by atoms with Crippen LogP contribution in [0.5, 0.6) is 11.5 Å². The molecule has 0 saturated heterocycles. The number of esters is 2. The number of hydrogen-bond donors (Lipinski definition) is 1. The van der Waals surface area contributed by atoms with Gasteiger partial charge in [-0.05, 0) is 50.7 Å². The second-order valence-electron chi connectivity index (χ2n) is 9.40. The number of methoxy groups -OCH3 is 1. The molecule has 37 heavy (non-hydrogen) atoms. The summed E-state index contributed by atoms with van der Waals surface area (Å²) in [5.41, 5.74) is 3.49. The Morgan fingerprint density at radius 1 is 1.14 bits per heavy atom. The van der Waals surface area contributed by atoms with E-state index in [1.165, 1.54) is 55.8 Å². The number of nitrogens with one attached hydrogen (secondary N) is 1. The Morgan fingerprint density at radius 2 is 1.86 bits per heavy atom. The van der Waals surface area contributed by atoms with Crippen molar-refractivity contribution in [2.24, 2.45) is 5.92 Å². The van der Waals surface area contributed by atoms with Crippen LogP contribution < -0.4 is 14.8 Å². The smallest absolute Gasteiger partial charge is 0.325 e. The molecule has 0 radical (unpaired) electrons. The maximum absolute atomic E-state index is 12.8. The Hall–Kier alpha value is -3.62. The fourth-order valence-electron chi connectivity index (χ4n) is 5.03. The lowest BCUT2D eigenvalue weighted by molar-refractivity contribution is -0.149. The van der Waals surface area contributed by atoms with Gasteiger partial charge >= 0.3 is 11.9 Å². The highest BCUT2D eigenvalue weighted by atomic mass is 16.7. The van der Waals surface area contributed by atoms with Crippen molar-refractivity contribution in [1.82, 2.24) is 10.3 Å². The van der Waals surface area contributed by atoms with Crippen molar-refractivity contribution in [3.63, 3.8) is 0 Å². The van der Waals surface area contributed by atoms with Crippen molar-refractivity contribution < 1.29 is 33.3 Å². The van der Waals surface area contributed by atoms with Gasteiger partial charge in [-0.25, -0.2) is 4.98 Å². The van der Waals surface area contributed by atoms with E-state index in [0.717, 1.165) is 12.8 Å². The van der Waals surface area contributed by atoms with E-state index in [9.17, 15) is 14.4 Å². The maximum atomic E-state index is 12.8. The highest BCUT2D eigenvalue weighted by molar-refractivity contribution is 5.97. The molecular weight excluding hydrogens is 476 g/mol. The average molecular weight is 513 g/mol. The normalized spacial score (nSPS) is 14.9. The lowest BCUT2D eigenvalue weighted by Gasteiger charge is -2.31. The van der Waals surface area contributed by atoms with E-state index in [4.69, 9.17) is 18.9 Å². The van der Waals surface area contributed by atoms with Gasteiger partial charge in [0.15, 0.2) is 17.2 Å². The molecule has 0 aliphatic heterocycles. The summed E-state index contributed by atoms with van der Waals surface area (Å²) >= 11 is 0. The van der Waals surface area contributed by atoms with Crippen molar-refractivity contribution in [1.29, 1.82) is 0 Å². The van der Waals surface area contributed by atoms with Gasteiger partial charge in [-0.3, -0.25) is 14.4 Å². The van der Waals surface area contributed by atoms with Crippen LogP contribution in [0.2, 0.25) is 0 Å². The van der Waals surface area contributed by atoms with Crippen LogP contribution in [0.25, 0.3) is 0 Å². The standard InChI is InChI=1S/C28H36N2O7/c1-17-10-11-22(18(2)14-17)25(21-8-6-7-9-21)19(3)37-24(32)15-30-28(33)26-27(36-16-35-20(4)31)23(34-5)12-13-29-26/h10-14,19,21,25H,6-9,15-16H2,1-5H3,(H,30,33). The molecule has 9 heteroatoms. The molecule has 1 aliphatic carbocycles. The zero-order valence-electron chi connectivity index (χ0n) is 22.2. The minimum Gasteiger partial charge on any atom is -0.493 e. The number of benzene rings is 1. The third kappa shape index (κ3) is 7.44. The van der Waals surface area contributed by atoms with Crippen molar-refractivity contribution in [2.45, 2.75) is 65.4 Å². The molecule has 1 saturated carbocycles. The number of carbonyl (C=O) groups is 3. The van der Waals surface area contributed by atoms with E-state index in [1.807, 2.05) is 6.92 Å². The summed E-state index contributed by atoms with van der Waals surface area (Å²) in [7, 11) is 1.41. The third-order valence-corrected chi connectivity index (χ3v) is 6.68. The van der Waals surface area contributed by atoms with Gasteiger partial charge in [0, 0.05) is 25.1 Å². The van der Waals surface area contributed by atoms with Crippen molar-refractivity contribution >= 4 is 17.8 Å². The minimum absolute atomic E-state index is 0.00151. The first-order valence-electron chi connectivity index (χ1n) is 12.5. The highest BCUT2D eigenvalue weighted by Crippen LogP contribution is 2.41. The van der Waals surface area contributed by atoms with Crippen LogP contribution in [0.3, 0.4) is 0 Å². The molecule has 1 aromatic heterocycles. The lowest BCUT2D eigenvalue weighted by atomic mass is 9.79. The highest BCUT2D eigenvalue weighted by Gasteiger charge is 2.33. The number of aryl methyl sites for hydroxylation is 2. The Morgan fingerprint density at radius 3 is 2.51 bits per heavy atom. The van der Waals surface area contributed by atoms with Crippen LogP contribution in [0.4, 0.5) is 0 Å². The summed E-state index contributed by atoms with van der Waals surface area (Å²) in [5, 5.41) is 2.54. The molecule has 2 atom stereocenters. The molecule has 0 bridgehead atoms. The van der Waals surface area contributed by atoms with Gasteiger partial charge in [-0.2, -0.15) is 0 Å². The Bertz CT molecular complexity index is 1110. The van der Waals surface area contributed by atoms with Gasteiger partial charge in [0.2, 0.25) is 6.79 Å². The molecule has 2 aromatic rings.